The van der Waals surface area contributed by atoms with Crippen molar-refractivity contribution in [3.63, 3.8) is 0 Å². The fourth-order valence-corrected chi connectivity index (χ4v) is 11.3. The summed E-state index contributed by atoms with van der Waals surface area (Å²) in [6.07, 6.45) is 6.87. The van der Waals surface area contributed by atoms with Gasteiger partial charge in [0.25, 0.3) is 0 Å². The normalized spacial score (nSPS) is 15.9. The van der Waals surface area contributed by atoms with Crippen molar-refractivity contribution in [2.45, 2.75) is 71.3 Å². The van der Waals surface area contributed by atoms with Gasteiger partial charge in [-0.15, -0.1) is 22.7 Å². The number of rotatable bonds is 10. The Bertz CT molecular complexity index is 2340. The molecular formula is C48H46N2S3. The average Bonchev–Trinajstić information content (AvgIpc) is 3.96. The third kappa shape index (κ3) is 6.42. The van der Waals surface area contributed by atoms with Crippen molar-refractivity contribution in [1.82, 2.24) is 4.72 Å². The summed E-state index contributed by atoms with van der Waals surface area (Å²) in [5.41, 5.74) is 13.9. The molecule has 53 heavy (non-hydrogen) atoms. The van der Waals surface area contributed by atoms with Crippen LogP contribution >= 0.6 is 34.8 Å². The molecule has 2 nitrogen and oxygen atoms in total. The van der Waals surface area contributed by atoms with Crippen molar-refractivity contribution in [2.75, 3.05) is 0 Å². The monoisotopic (exact) mass is 746 g/mol. The first kappa shape index (κ1) is 35.8. The molecule has 1 unspecified atom stereocenters. The van der Waals surface area contributed by atoms with Gasteiger partial charge in [-0.05, 0) is 51.5 Å². The molecule has 1 aliphatic carbocycles. The van der Waals surface area contributed by atoms with Gasteiger partial charge in [0.15, 0.2) is 0 Å². The zero-order valence-corrected chi connectivity index (χ0v) is 33.8. The number of allylic oxidation sites excluding steroid dienone is 2. The van der Waals surface area contributed by atoms with E-state index in [9.17, 15) is 0 Å². The minimum Gasteiger partial charge on any atom is -0.231 e. The fraction of sp³-hybridized carbons (Fsp3) is 0.229. The molecular weight excluding hydrogens is 701 g/mol. The number of benzene rings is 4. The highest BCUT2D eigenvalue weighted by molar-refractivity contribution is 7.96. The van der Waals surface area contributed by atoms with E-state index in [1.54, 1.807) is 0 Å². The first-order valence-corrected chi connectivity index (χ1v) is 21.1. The Hall–Kier alpha value is -4.26. The van der Waals surface area contributed by atoms with Crippen LogP contribution in [0.3, 0.4) is 0 Å². The van der Waals surface area contributed by atoms with Gasteiger partial charge in [-0.1, -0.05) is 175 Å². The lowest BCUT2D eigenvalue weighted by molar-refractivity contribution is 0.518. The lowest BCUT2D eigenvalue weighted by atomic mass is 9.80. The molecule has 0 bridgehead atoms. The quantitative estimate of drug-likeness (QED) is 0.141. The summed E-state index contributed by atoms with van der Waals surface area (Å²) in [5.74, 6) is 0. The molecule has 4 aromatic carbocycles. The van der Waals surface area contributed by atoms with E-state index < -0.39 is 0 Å². The van der Waals surface area contributed by atoms with Gasteiger partial charge < -0.3 is 0 Å². The number of hydrogen-bond donors (Lipinski definition) is 1. The van der Waals surface area contributed by atoms with Crippen molar-refractivity contribution >= 4 is 51.7 Å². The van der Waals surface area contributed by atoms with Crippen LogP contribution in [0, 0.1) is 0 Å². The maximum atomic E-state index is 5.20. The van der Waals surface area contributed by atoms with Gasteiger partial charge in [-0.3, -0.25) is 0 Å². The van der Waals surface area contributed by atoms with Crippen molar-refractivity contribution in [3.8, 4) is 44.5 Å². The minimum absolute atomic E-state index is 0.000493. The third-order valence-electron chi connectivity index (χ3n) is 11.2. The number of hydrogen-bond acceptors (Lipinski definition) is 5. The van der Waals surface area contributed by atoms with Crippen molar-refractivity contribution in [3.05, 3.63) is 153 Å². The molecule has 0 spiro atoms. The first-order chi connectivity index (χ1) is 25.7. The van der Waals surface area contributed by atoms with Gasteiger partial charge in [0.2, 0.25) is 0 Å². The Morgan fingerprint density at radius 1 is 0.528 bits per heavy atom. The molecule has 1 aliphatic heterocycles. The van der Waals surface area contributed by atoms with Crippen LogP contribution in [0.15, 0.2) is 138 Å². The van der Waals surface area contributed by atoms with Crippen LogP contribution in [0.4, 0.5) is 0 Å². The molecule has 3 heterocycles. The Morgan fingerprint density at radius 3 is 1.36 bits per heavy atom. The molecule has 0 fully saturated rings. The Balaban J connectivity index is 1.40. The Morgan fingerprint density at radius 2 is 0.925 bits per heavy atom. The summed E-state index contributed by atoms with van der Waals surface area (Å²) in [4.78, 5) is 5.47. The van der Waals surface area contributed by atoms with Gasteiger partial charge in [0, 0.05) is 47.3 Å². The van der Waals surface area contributed by atoms with Crippen molar-refractivity contribution < 1.29 is 0 Å². The summed E-state index contributed by atoms with van der Waals surface area (Å²) in [7, 11) is 0. The molecule has 6 aromatic rings. The number of thiophene rings is 2. The highest BCUT2D eigenvalue weighted by atomic mass is 32.2. The topological polar surface area (TPSA) is 24.4 Å². The van der Waals surface area contributed by atoms with E-state index in [0.29, 0.717) is 0 Å². The van der Waals surface area contributed by atoms with Crippen LogP contribution in [0.25, 0.3) is 55.7 Å². The van der Waals surface area contributed by atoms with Crippen LogP contribution in [0.5, 0.6) is 0 Å². The van der Waals surface area contributed by atoms with Crippen molar-refractivity contribution in [2.24, 2.45) is 4.40 Å². The number of nitrogens with zero attached hydrogens (tertiary/aromatic N) is 1. The van der Waals surface area contributed by atoms with Gasteiger partial charge in [-0.25, -0.2) is 9.12 Å². The second-order valence-corrected chi connectivity index (χ2v) is 17.9. The van der Waals surface area contributed by atoms with Gasteiger partial charge in [0.05, 0.1) is 23.9 Å². The predicted octanol–water partition coefficient (Wildman–Crippen LogP) is 14.3. The molecule has 5 heteroatoms. The molecule has 8 rings (SSSR count). The van der Waals surface area contributed by atoms with Crippen LogP contribution in [0.1, 0.15) is 73.9 Å². The van der Waals surface area contributed by atoms with E-state index in [-0.39, 0.29) is 16.9 Å². The molecule has 0 saturated heterocycles. The molecule has 1 N–H and O–H groups in total. The van der Waals surface area contributed by atoms with E-state index >= 15 is 0 Å². The Kier molecular flexibility index (Phi) is 9.80. The first-order valence-electron chi connectivity index (χ1n) is 18.7. The molecule has 2 aliphatic rings. The highest BCUT2D eigenvalue weighted by Gasteiger charge is 2.39. The number of nitrogens with one attached hydrogen (secondary N) is 1. The maximum absolute atomic E-state index is 5.20. The summed E-state index contributed by atoms with van der Waals surface area (Å²) in [5, 5.41) is 0. The lowest BCUT2D eigenvalue weighted by Crippen LogP contribution is -2.31. The smallest absolute Gasteiger partial charge is 0.0887 e. The maximum Gasteiger partial charge on any atom is 0.0887 e. The molecule has 266 valence electrons. The summed E-state index contributed by atoms with van der Waals surface area (Å²) < 4.78 is 8.97. The summed E-state index contributed by atoms with van der Waals surface area (Å²) in [6.45, 7) is 14.2. The second-order valence-electron chi connectivity index (χ2n) is 15.3. The minimum atomic E-state index is -0.0455. The predicted molar refractivity (Wildman–Crippen MR) is 235 cm³/mol. The summed E-state index contributed by atoms with van der Waals surface area (Å²) >= 11 is 5.41. The van der Waals surface area contributed by atoms with Gasteiger partial charge in [-0.2, -0.15) is 0 Å². The zero-order valence-electron chi connectivity index (χ0n) is 31.4. The largest absolute Gasteiger partial charge is 0.231 e. The van der Waals surface area contributed by atoms with Crippen molar-refractivity contribution in [1.29, 1.82) is 0 Å². The molecule has 0 saturated carbocycles. The lowest BCUT2D eigenvalue weighted by Gasteiger charge is -2.24. The number of fused-ring (bicyclic) bond motifs is 1. The van der Waals surface area contributed by atoms with Crippen LogP contribution in [-0.4, -0.2) is 11.8 Å². The molecule has 1 atom stereocenters. The summed E-state index contributed by atoms with van der Waals surface area (Å²) in [6, 6.07) is 43.9. The second kappa shape index (κ2) is 14.5. The Labute approximate surface area is 327 Å². The van der Waals surface area contributed by atoms with E-state index in [0.717, 1.165) is 18.6 Å². The average molecular weight is 747 g/mol. The van der Waals surface area contributed by atoms with Crippen LogP contribution < -0.4 is 4.72 Å². The van der Waals surface area contributed by atoms with E-state index in [1.165, 1.54) is 87.3 Å². The molecule has 0 radical (unpaired) electrons. The third-order valence-corrected chi connectivity index (χ3v) is 15.0. The van der Waals surface area contributed by atoms with Gasteiger partial charge >= 0.3 is 0 Å². The molecule has 2 aromatic heterocycles. The standard InChI is InChI=1S/C48H46N2S3/c1-7-47(3,4)45-39(33-25-17-11-18-26-33)37(31-21-13-9-14-22-31)43(51-45)35-29-30-36(42-41(35)49-53-50-42)44-38(32-23-15-10-16-24-32)40(34-27-19-12-20-28-34)46(52-44)48(5,6)8-2/h9-30,41,49H,7-8H2,1-6H3. The fourth-order valence-electron chi connectivity index (χ4n) is 7.46. The van der Waals surface area contributed by atoms with E-state index in [2.05, 4.69) is 180 Å². The SMILES string of the molecule is CCC(C)(C)c1sc(C2=CC=C(c3sc(C(C)(C)CC)c(-c4ccccc4)c3-c3ccccc3)C3NSN=C23)c(-c2ccccc2)c1-c1ccccc1. The van der Waals surface area contributed by atoms with Crippen LogP contribution in [0.2, 0.25) is 0 Å². The van der Waals surface area contributed by atoms with E-state index in [4.69, 9.17) is 4.40 Å². The highest BCUT2D eigenvalue weighted by Crippen LogP contribution is 2.55. The zero-order chi connectivity index (χ0) is 36.7. The van der Waals surface area contributed by atoms with Gasteiger partial charge in [0.1, 0.15) is 0 Å². The van der Waals surface area contributed by atoms with Crippen LogP contribution in [-0.2, 0) is 10.8 Å². The van der Waals surface area contributed by atoms with E-state index in [1.807, 2.05) is 22.7 Å². The molecule has 0 amide bonds.